The van der Waals surface area contributed by atoms with E-state index in [1.54, 1.807) is 0 Å². The second kappa shape index (κ2) is 12.0. The molecule has 56 heavy (non-hydrogen) atoms. The molecule has 0 unspecified atom stereocenters. The van der Waals surface area contributed by atoms with Crippen LogP contribution in [-0.4, -0.2) is 4.57 Å². The van der Waals surface area contributed by atoms with Crippen molar-refractivity contribution in [2.45, 2.75) is 0 Å². The lowest BCUT2D eigenvalue weighted by Gasteiger charge is -2.28. The summed E-state index contributed by atoms with van der Waals surface area (Å²) in [5, 5.41) is 10.2. The first kappa shape index (κ1) is 31.0. The predicted octanol–water partition coefficient (Wildman–Crippen LogP) is 15.0. The molecule has 0 spiro atoms. The maximum absolute atomic E-state index is 2.44. The number of aromatic nitrogens is 1. The summed E-state index contributed by atoms with van der Waals surface area (Å²) in [6.45, 7) is 0. The summed E-state index contributed by atoms with van der Waals surface area (Å²) in [7, 11) is 0. The zero-order valence-electron chi connectivity index (χ0n) is 30.5. The number of fused-ring (bicyclic) bond motifs is 9. The van der Waals surface area contributed by atoms with E-state index in [9.17, 15) is 0 Å². The van der Waals surface area contributed by atoms with Gasteiger partial charge < -0.3 is 9.47 Å². The van der Waals surface area contributed by atoms with Gasteiger partial charge in [0.15, 0.2) is 0 Å². The summed E-state index contributed by atoms with van der Waals surface area (Å²) >= 11 is 0. The first-order valence-electron chi connectivity index (χ1n) is 19.3. The lowest BCUT2D eigenvalue weighted by atomic mass is 9.97. The molecule has 2 nitrogen and oxygen atoms in total. The maximum Gasteiger partial charge on any atom is 0.0541 e. The van der Waals surface area contributed by atoms with Gasteiger partial charge in [-0.1, -0.05) is 152 Å². The van der Waals surface area contributed by atoms with Gasteiger partial charge in [-0.2, -0.15) is 0 Å². The number of rotatable bonds is 5. The number of anilines is 3. The van der Waals surface area contributed by atoms with Crippen molar-refractivity contribution in [3.63, 3.8) is 0 Å². The third kappa shape index (κ3) is 4.57. The molecule has 1 aliphatic carbocycles. The van der Waals surface area contributed by atoms with Crippen LogP contribution in [0.2, 0.25) is 0 Å². The van der Waals surface area contributed by atoms with Gasteiger partial charge in [0.1, 0.15) is 0 Å². The van der Waals surface area contributed by atoms with Gasteiger partial charge in [0.25, 0.3) is 0 Å². The zero-order chi connectivity index (χ0) is 36.7. The van der Waals surface area contributed by atoms with Crippen molar-refractivity contribution in [3.05, 3.63) is 206 Å². The van der Waals surface area contributed by atoms with Crippen LogP contribution in [0.25, 0.3) is 93.2 Å². The summed E-state index contributed by atoms with van der Waals surface area (Å²) in [6, 6.07) is 75.8. The SMILES string of the molecule is c1cc(N(c2ccc(-c3ccc4c(ccc5ccccc54)c3)cc2)c2ccc3c4c(cccc24)-c2ccccc2-3)cc(-n2c3ccccc3c3ccccc32)c1. The van der Waals surface area contributed by atoms with Crippen molar-refractivity contribution in [2.24, 2.45) is 0 Å². The molecule has 0 saturated heterocycles. The summed E-state index contributed by atoms with van der Waals surface area (Å²) < 4.78 is 2.41. The smallest absolute Gasteiger partial charge is 0.0541 e. The highest BCUT2D eigenvalue weighted by Gasteiger charge is 2.25. The van der Waals surface area contributed by atoms with Crippen molar-refractivity contribution >= 4 is 71.2 Å². The number of hydrogen-bond acceptors (Lipinski definition) is 1. The van der Waals surface area contributed by atoms with Crippen LogP contribution >= 0.6 is 0 Å². The quantitative estimate of drug-likeness (QED) is 0.161. The minimum absolute atomic E-state index is 1.10. The Morgan fingerprint density at radius 1 is 0.321 bits per heavy atom. The Morgan fingerprint density at radius 2 is 0.911 bits per heavy atom. The van der Waals surface area contributed by atoms with E-state index in [0.717, 1.165) is 22.7 Å². The highest BCUT2D eigenvalue weighted by atomic mass is 15.1. The fourth-order valence-corrected chi connectivity index (χ4v) is 9.38. The van der Waals surface area contributed by atoms with Crippen LogP contribution in [0.1, 0.15) is 0 Å². The average molecular weight is 711 g/mol. The topological polar surface area (TPSA) is 8.17 Å². The molecule has 0 N–H and O–H groups in total. The van der Waals surface area contributed by atoms with Crippen molar-refractivity contribution in [1.82, 2.24) is 4.57 Å². The van der Waals surface area contributed by atoms with E-state index in [1.807, 2.05) is 0 Å². The second-order valence-electron chi connectivity index (χ2n) is 14.9. The Hall–Kier alpha value is -7.42. The monoisotopic (exact) mass is 710 g/mol. The van der Waals surface area contributed by atoms with E-state index < -0.39 is 0 Å². The molecule has 0 fully saturated rings. The Labute approximate surface area is 324 Å². The molecule has 12 rings (SSSR count). The van der Waals surface area contributed by atoms with E-state index in [2.05, 4.69) is 216 Å². The number of hydrogen-bond donors (Lipinski definition) is 0. The average Bonchev–Trinajstić information content (AvgIpc) is 3.78. The van der Waals surface area contributed by atoms with Gasteiger partial charge in [-0.15, -0.1) is 0 Å². The largest absolute Gasteiger partial charge is 0.310 e. The standard InChI is InChI=1S/C54H34N2/c1-2-14-42-36(11-1)23-24-38-33-37(27-30-43(38)42)35-25-28-39(29-26-35)55(53-32-31-49-45-16-4-3-15-44(45)48-19-10-20-50(53)54(48)49)40-12-9-13-41(34-40)56-51-21-7-5-17-46(51)47-18-6-8-22-52(47)56/h1-34H. The zero-order valence-corrected chi connectivity index (χ0v) is 30.5. The first-order valence-corrected chi connectivity index (χ1v) is 19.3. The Bertz CT molecular complexity index is 3290. The molecule has 0 bridgehead atoms. The molecule has 0 aliphatic heterocycles. The molecule has 0 amide bonds. The van der Waals surface area contributed by atoms with Crippen molar-refractivity contribution in [2.75, 3.05) is 4.90 Å². The minimum atomic E-state index is 1.10. The van der Waals surface area contributed by atoms with Gasteiger partial charge in [-0.25, -0.2) is 0 Å². The van der Waals surface area contributed by atoms with E-state index in [4.69, 9.17) is 0 Å². The molecule has 1 aromatic heterocycles. The van der Waals surface area contributed by atoms with Crippen molar-refractivity contribution in [1.29, 1.82) is 0 Å². The summed E-state index contributed by atoms with van der Waals surface area (Å²) in [4.78, 5) is 2.44. The molecule has 0 atom stereocenters. The molecule has 11 aromatic rings. The van der Waals surface area contributed by atoms with E-state index in [-0.39, 0.29) is 0 Å². The Kier molecular flexibility index (Phi) is 6.66. The van der Waals surface area contributed by atoms with E-state index in [0.29, 0.717) is 0 Å². The Balaban J connectivity index is 1.04. The van der Waals surface area contributed by atoms with Gasteiger partial charge >= 0.3 is 0 Å². The van der Waals surface area contributed by atoms with Crippen LogP contribution in [0, 0.1) is 0 Å². The van der Waals surface area contributed by atoms with Crippen LogP contribution in [0.4, 0.5) is 17.1 Å². The fourth-order valence-electron chi connectivity index (χ4n) is 9.38. The molecule has 1 heterocycles. The minimum Gasteiger partial charge on any atom is -0.310 e. The lowest BCUT2D eigenvalue weighted by molar-refractivity contribution is 1.17. The fraction of sp³-hybridized carbons (Fsp3) is 0. The Morgan fingerprint density at radius 3 is 1.70 bits per heavy atom. The lowest BCUT2D eigenvalue weighted by Crippen LogP contribution is -2.11. The van der Waals surface area contributed by atoms with Crippen molar-refractivity contribution < 1.29 is 0 Å². The van der Waals surface area contributed by atoms with Crippen LogP contribution in [0.5, 0.6) is 0 Å². The predicted molar refractivity (Wildman–Crippen MR) is 238 cm³/mol. The number of para-hydroxylation sites is 2. The first-order chi connectivity index (χ1) is 27.8. The molecule has 10 aromatic carbocycles. The van der Waals surface area contributed by atoms with Gasteiger partial charge in [0.05, 0.1) is 16.7 Å². The maximum atomic E-state index is 2.44. The summed E-state index contributed by atoms with van der Waals surface area (Å²) in [6.07, 6.45) is 0. The molecule has 260 valence electrons. The van der Waals surface area contributed by atoms with Crippen LogP contribution in [0.15, 0.2) is 206 Å². The van der Waals surface area contributed by atoms with Crippen LogP contribution < -0.4 is 4.90 Å². The van der Waals surface area contributed by atoms with Crippen LogP contribution in [0.3, 0.4) is 0 Å². The van der Waals surface area contributed by atoms with Gasteiger partial charge in [0.2, 0.25) is 0 Å². The van der Waals surface area contributed by atoms with Gasteiger partial charge in [-0.3, -0.25) is 0 Å². The second-order valence-corrected chi connectivity index (χ2v) is 14.9. The molecular weight excluding hydrogens is 677 g/mol. The summed E-state index contributed by atoms with van der Waals surface area (Å²) in [5.41, 5.74) is 14.5. The van der Waals surface area contributed by atoms with Gasteiger partial charge in [0, 0.05) is 33.2 Å². The van der Waals surface area contributed by atoms with E-state index in [1.165, 1.54) is 87.5 Å². The third-order valence-corrected chi connectivity index (χ3v) is 11.9. The normalized spacial score (nSPS) is 11.9. The molecule has 0 saturated carbocycles. The van der Waals surface area contributed by atoms with Crippen LogP contribution in [-0.2, 0) is 0 Å². The number of benzene rings is 10. The highest BCUT2D eigenvalue weighted by Crippen LogP contribution is 2.51. The molecular formula is C54H34N2. The third-order valence-electron chi connectivity index (χ3n) is 11.9. The molecule has 1 aliphatic rings. The van der Waals surface area contributed by atoms with Gasteiger partial charge in [-0.05, 0) is 115 Å². The highest BCUT2D eigenvalue weighted by molar-refractivity contribution is 6.19. The number of nitrogens with zero attached hydrogens (tertiary/aromatic N) is 2. The van der Waals surface area contributed by atoms with E-state index >= 15 is 0 Å². The molecule has 2 heteroatoms. The summed E-state index contributed by atoms with van der Waals surface area (Å²) in [5.74, 6) is 0. The molecule has 0 radical (unpaired) electrons. The van der Waals surface area contributed by atoms with Crippen molar-refractivity contribution in [3.8, 4) is 39.1 Å².